The van der Waals surface area contributed by atoms with Crippen molar-refractivity contribution in [2.45, 2.75) is 11.7 Å². The lowest BCUT2D eigenvalue weighted by atomic mass is 10.4. The predicted molar refractivity (Wildman–Crippen MR) is 35.2 cm³/mol. The Kier molecular flexibility index (Phi) is 1.48. The first kappa shape index (κ1) is 6.61. The van der Waals surface area contributed by atoms with E-state index in [9.17, 15) is 9.59 Å². The number of amides is 2. The van der Waals surface area contributed by atoms with E-state index in [-0.39, 0.29) is 18.2 Å². The quantitative estimate of drug-likeness (QED) is 0.374. The van der Waals surface area contributed by atoms with Gasteiger partial charge in [-0.3, -0.25) is 14.5 Å². The smallest absolute Gasteiger partial charge is 0.242 e. The Balaban J connectivity index is 2.77. The Morgan fingerprint density at radius 1 is 1.67 bits per heavy atom. The van der Waals surface area contributed by atoms with Gasteiger partial charge in [0.25, 0.3) is 0 Å². The molecule has 9 heavy (non-hydrogen) atoms. The lowest BCUT2D eigenvalue weighted by Gasteiger charge is -2.02. The highest BCUT2D eigenvalue weighted by atomic mass is 32.1. The Bertz CT molecular complexity index is 168. The second-order valence-corrected chi connectivity index (χ2v) is 2.63. The van der Waals surface area contributed by atoms with Gasteiger partial charge in [0.05, 0.1) is 5.25 Å². The number of nitrogens with zero attached hydrogens (tertiary/aromatic N) is 1. The van der Waals surface area contributed by atoms with Gasteiger partial charge in [-0.1, -0.05) is 0 Å². The fourth-order valence-corrected chi connectivity index (χ4v) is 1.07. The number of hydrogen-bond donors (Lipinski definition) is 1. The van der Waals surface area contributed by atoms with Crippen molar-refractivity contribution in [2.24, 2.45) is 0 Å². The van der Waals surface area contributed by atoms with Gasteiger partial charge < -0.3 is 0 Å². The van der Waals surface area contributed by atoms with Crippen LogP contribution in [0.1, 0.15) is 6.42 Å². The molecule has 0 spiro atoms. The second kappa shape index (κ2) is 2.02. The third-order valence-corrected chi connectivity index (χ3v) is 1.76. The minimum atomic E-state index is -0.400. The molecule has 1 atom stereocenters. The summed E-state index contributed by atoms with van der Waals surface area (Å²) in [7, 11) is 1.47. The molecule has 1 aliphatic heterocycles. The monoisotopic (exact) mass is 145 g/mol. The van der Waals surface area contributed by atoms with E-state index >= 15 is 0 Å². The Labute approximate surface area is 58.4 Å². The van der Waals surface area contributed by atoms with E-state index in [1.807, 2.05) is 0 Å². The zero-order valence-electron chi connectivity index (χ0n) is 5.00. The summed E-state index contributed by atoms with van der Waals surface area (Å²) in [5.74, 6) is -0.330. The van der Waals surface area contributed by atoms with Crippen molar-refractivity contribution >= 4 is 24.4 Å². The number of carbonyl (C=O) groups excluding carboxylic acids is 2. The molecule has 1 fully saturated rings. The molecule has 1 unspecified atom stereocenters. The van der Waals surface area contributed by atoms with E-state index in [2.05, 4.69) is 12.6 Å². The van der Waals surface area contributed by atoms with Gasteiger partial charge in [0.2, 0.25) is 11.8 Å². The van der Waals surface area contributed by atoms with Crippen LogP contribution in [0.2, 0.25) is 0 Å². The molecule has 1 saturated heterocycles. The van der Waals surface area contributed by atoms with Gasteiger partial charge >= 0.3 is 0 Å². The number of rotatable bonds is 0. The highest BCUT2D eigenvalue weighted by molar-refractivity contribution is 7.81. The fraction of sp³-hybridized carbons (Fsp3) is 0.600. The summed E-state index contributed by atoms with van der Waals surface area (Å²) >= 11 is 3.89. The van der Waals surface area contributed by atoms with Gasteiger partial charge in [-0.25, -0.2) is 0 Å². The summed E-state index contributed by atoms with van der Waals surface area (Å²) in [6.45, 7) is 0. The molecule has 2 amide bonds. The zero-order chi connectivity index (χ0) is 7.02. The van der Waals surface area contributed by atoms with Crippen molar-refractivity contribution in [3.63, 3.8) is 0 Å². The van der Waals surface area contributed by atoms with Crippen LogP contribution in [0, 0.1) is 0 Å². The average Bonchev–Trinajstić information content (AvgIpc) is 1.98. The van der Waals surface area contributed by atoms with Gasteiger partial charge in [0.1, 0.15) is 0 Å². The Hall–Kier alpha value is -0.510. The van der Waals surface area contributed by atoms with Crippen molar-refractivity contribution in [3.05, 3.63) is 0 Å². The average molecular weight is 145 g/mol. The van der Waals surface area contributed by atoms with Gasteiger partial charge in [-0.15, -0.1) is 0 Å². The van der Waals surface area contributed by atoms with Crippen molar-refractivity contribution in [2.75, 3.05) is 7.05 Å². The van der Waals surface area contributed by atoms with Crippen LogP contribution in [-0.4, -0.2) is 29.0 Å². The molecule has 0 aromatic carbocycles. The summed E-state index contributed by atoms with van der Waals surface area (Å²) in [6, 6.07) is 0. The van der Waals surface area contributed by atoms with Crippen LogP contribution in [0.3, 0.4) is 0 Å². The Morgan fingerprint density at radius 3 is 2.33 bits per heavy atom. The van der Waals surface area contributed by atoms with Gasteiger partial charge in [0, 0.05) is 13.5 Å². The van der Waals surface area contributed by atoms with Crippen molar-refractivity contribution < 1.29 is 9.59 Å². The first-order valence-corrected chi connectivity index (χ1v) is 3.13. The van der Waals surface area contributed by atoms with Crippen LogP contribution in [-0.2, 0) is 9.59 Å². The second-order valence-electron chi connectivity index (χ2n) is 2.01. The SMILES string of the molecule is CN1C(=O)CC(S)C1=O. The number of imide groups is 1. The molecule has 1 rings (SSSR count). The number of carbonyl (C=O) groups is 2. The van der Waals surface area contributed by atoms with Crippen LogP contribution in [0.25, 0.3) is 0 Å². The molecule has 0 saturated carbocycles. The molecule has 1 heterocycles. The number of likely N-dealkylation sites (tertiary alicyclic amines) is 1. The molecule has 0 aromatic heterocycles. The standard InChI is InChI=1S/C5H7NO2S/c1-6-4(7)2-3(9)5(6)8/h3,9H,2H2,1H3. The molecule has 0 N–H and O–H groups in total. The highest BCUT2D eigenvalue weighted by Crippen LogP contribution is 2.14. The van der Waals surface area contributed by atoms with Crippen LogP contribution >= 0.6 is 12.6 Å². The van der Waals surface area contributed by atoms with Gasteiger partial charge in [-0.2, -0.15) is 12.6 Å². The predicted octanol–water partition coefficient (Wildman–Crippen LogP) is -0.326. The lowest BCUT2D eigenvalue weighted by molar-refractivity contribution is -0.136. The van der Waals surface area contributed by atoms with E-state index in [0.29, 0.717) is 0 Å². The number of thiol groups is 1. The van der Waals surface area contributed by atoms with E-state index < -0.39 is 5.25 Å². The van der Waals surface area contributed by atoms with E-state index in [1.165, 1.54) is 7.05 Å². The van der Waals surface area contributed by atoms with Gasteiger partial charge in [-0.05, 0) is 0 Å². The normalized spacial score (nSPS) is 27.8. The third kappa shape index (κ3) is 0.941. The summed E-state index contributed by atoms with van der Waals surface area (Å²) < 4.78 is 0. The highest BCUT2D eigenvalue weighted by Gasteiger charge is 2.32. The summed E-state index contributed by atoms with van der Waals surface area (Å²) in [5, 5.41) is -0.400. The molecule has 50 valence electrons. The maximum absolute atomic E-state index is 10.7. The molecular weight excluding hydrogens is 138 g/mol. The Morgan fingerprint density at radius 2 is 2.22 bits per heavy atom. The first-order valence-electron chi connectivity index (χ1n) is 2.61. The van der Waals surface area contributed by atoms with Crippen molar-refractivity contribution in [3.8, 4) is 0 Å². The van der Waals surface area contributed by atoms with Crippen LogP contribution in [0.15, 0.2) is 0 Å². The maximum Gasteiger partial charge on any atom is 0.242 e. The molecular formula is C5H7NO2S. The number of hydrogen-bond acceptors (Lipinski definition) is 3. The molecule has 0 aliphatic carbocycles. The van der Waals surface area contributed by atoms with Crippen molar-refractivity contribution in [1.82, 2.24) is 4.90 Å². The van der Waals surface area contributed by atoms with E-state index in [4.69, 9.17) is 0 Å². The van der Waals surface area contributed by atoms with Gasteiger partial charge in [0.15, 0.2) is 0 Å². The molecule has 0 radical (unpaired) electrons. The molecule has 0 aromatic rings. The summed E-state index contributed by atoms with van der Waals surface area (Å²) in [4.78, 5) is 22.5. The maximum atomic E-state index is 10.7. The zero-order valence-corrected chi connectivity index (χ0v) is 5.89. The lowest BCUT2D eigenvalue weighted by Crippen LogP contribution is -2.25. The van der Waals surface area contributed by atoms with E-state index in [0.717, 1.165) is 4.90 Å². The summed E-state index contributed by atoms with van der Waals surface area (Å²) in [5.41, 5.74) is 0. The molecule has 0 bridgehead atoms. The minimum absolute atomic E-state index is 0.139. The molecule has 1 aliphatic rings. The van der Waals surface area contributed by atoms with E-state index in [1.54, 1.807) is 0 Å². The fourth-order valence-electron chi connectivity index (χ4n) is 0.736. The van der Waals surface area contributed by atoms with Crippen LogP contribution in [0.5, 0.6) is 0 Å². The minimum Gasteiger partial charge on any atom is -0.285 e. The van der Waals surface area contributed by atoms with Crippen molar-refractivity contribution in [1.29, 1.82) is 0 Å². The third-order valence-electron chi connectivity index (χ3n) is 1.36. The van der Waals surface area contributed by atoms with Crippen LogP contribution < -0.4 is 0 Å². The molecule has 3 nitrogen and oxygen atoms in total. The topological polar surface area (TPSA) is 37.4 Å². The summed E-state index contributed by atoms with van der Waals surface area (Å²) in [6.07, 6.45) is 0.248. The largest absolute Gasteiger partial charge is 0.285 e. The first-order chi connectivity index (χ1) is 4.13. The molecule has 4 heteroatoms. The van der Waals surface area contributed by atoms with Crippen LogP contribution in [0.4, 0.5) is 0 Å².